The van der Waals surface area contributed by atoms with Gasteiger partial charge in [-0.1, -0.05) is 0 Å². The van der Waals surface area contributed by atoms with Crippen LogP contribution in [0.3, 0.4) is 0 Å². The van der Waals surface area contributed by atoms with Crippen molar-refractivity contribution >= 4 is 29.7 Å². The smallest absolute Gasteiger partial charge is 0.333 e. The normalized spacial score (nSPS) is 16.5. The number of carbonyl (C=O) groups is 5. The van der Waals surface area contributed by atoms with Crippen LogP contribution >= 0.6 is 0 Å². The van der Waals surface area contributed by atoms with E-state index in [9.17, 15) is 24.0 Å². The van der Waals surface area contributed by atoms with Crippen LogP contribution in [0.25, 0.3) is 0 Å². The zero-order valence-corrected chi connectivity index (χ0v) is 9.53. The van der Waals surface area contributed by atoms with Gasteiger partial charge in [-0.25, -0.2) is 9.59 Å². The van der Waals surface area contributed by atoms with Crippen LogP contribution in [-0.4, -0.2) is 72.5 Å². The first kappa shape index (κ1) is 17.5. The molecular formula is C9H10O11. The van der Waals surface area contributed by atoms with Crippen molar-refractivity contribution in [3.05, 3.63) is 0 Å². The van der Waals surface area contributed by atoms with Crippen molar-refractivity contribution in [3.8, 4) is 0 Å². The molecule has 0 aliphatic carbocycles. The quantitative estimate of drug-likeness (QED) is 0.246. The summed E-state index contributed by atoms with van der Waals surface area (Å²) in [6.45, 7) is 0. The second-order valence-corrected chi connectivity index (χ2v) is 3.60. The third kappa shape index (κ3) is 3.73. The Bertz CT molecular complexity index is 413. The van der Waals surface area contributed by atoms with E-state index in [2.05, 4.69) is 0 Å². The van der Waals surface area contributed by atoms with Crippen LogP contribution < -0.4 is 0 Å². The first-order valence-corrected chi connectivity index (χ1v) is 4.83. The van der Waals surface area contributed by atoms with Crippen molar-refractivity contribution in [1.82, 2.24) is 0 Å². The van der Waals surface area contributed by atoms with Gasteiger partial charge in [0.25, 0.3) is 0 Å². The molecule has 0 aromatic carbocycles. The van der Waals surface area contributed by atoms with E-state index in [1.165, 1.54) is 0 Å². The molecule has 0 radical (unpaired) electrons. The maximum absolute atomic E-state index is 11.6. The van der Waals surface area contributed by atoms with Crippen LogP contribution in [0, 0.1) is 11.8 Å². The third-order valence-corrected chi connectivity index (χ3v) is 2.28. The zero-order valence-electron chi connectivity index (χ0n) is 9.53. The molecule has 4 unspecified atom stereocenters. The molecule has 0 aromatic rings. The molecule has 11 heteroatoms. The lowest BCUT2D eigenvalue weighted by atomic mass is 9.85. The van der Waals surface area contributed by atoms with Crippen molar-refractivity contribution in [2.45, 2.75) is 12.2 Å². The maximum Gasteiger partial charge on any atom is 0.333 e. The third-order valence-electron chi connectivity index (χ3n) is 2.28. The molecule has 0 saturated carbocycles. The summed E-state index contributed by atoms with van der Waals surface area (Å²) >= 11 is 0. The average molecular weight is 294 g/mol. The van der Waals surface area contributed by atoms with Gasteiger partial charge in [0.2, 0.25) is 0 Å². The highest BCUT2D eigenvalue weighted by Gasteiger charge is 2.48. The van der Waals surface area contributed by atoms with E-state index in [1.54, 1.807) is 0 Å². The number of carbonyl (C=O) groups excluding carboxylic acids is 1. The molecule has 0 bridgehead atoms. The minimum atomic E-state index is -2.79. The lowest BCUT2D eigenvalue weighted by Crippen LogP contribution is -2.49. The molecule has 112 valence electrons. The summed E-state index contributed by atoms with van der Waals surface area (Å²) < 4.78 is 0. The number of aliphatic hydroxyl groups is 2. The minimum Gasteiger partial charge on any atom is -0.481 e. The number of ketones is 1. The van der Waals surface area contributed by atoms with Gasteiger partial charge in [-0.05, 0) is 0 Å². The van der Waals surface area contributed by atoms with E-state index >= 15 is 0 Å². The largest absolute Gasteiger partial charge is 0.481 e. The maximum atomic E-state index is 11.6. The Morgan fingerprint density at radius 1 is 0.550 bits per heavy atom. The molecule has 0 aliphatic heterocycles. The van der Waals surface area contributed by atoms with E-state index in [1.807, 2.05) is 0 Å². The highest BCUT2D eigenvalue weighted by Crippen LogP contribution is 2.17. The predicted molar refractivity (Wildman–Crippen MR) is 54.5 cm³/mol. The van der Waals surface area contributed by atoms with Gasteiger partial charge in [-0.15, -0.1) is 0 Å². The molecule has 0 fully saturated rings. The average Bonchev–Trinajstić information content (AvgIpc) is 2.27. The standard InChI is InChI=1S/C9H10O11/c10-3(1(6(13)14)4(11)8(17)18)2(7(15)16)5(12)9(19)20/h1-2,4-5,11-12H,(H,13,14)(H,15,16)(H,17,18)(H,19,20). The van der Waals surface area contributed by atoms with Crippen molar-refractivity contribution < 1.29 is 54.6 Å². The van der Waals surface area contributed by atoms with Gasteiger partial charge in [-0.3, -0.25) is 14.4 Å². The summed E-state index contributed by atoms with van der Waals surface area (Å²) in [4.78, 5) is 54.0. The number of aliphatic carboxylic acids is 4. The molecular weight excluding hydrogens is 284 g/mol. The molecule has 6 N–H and O–H groups in total. The van der Waals surface area contributed by atoms with E-state index in [0.29, 0.717) is 0 Å². The van der Waals surface area contributed by atoms with Gasteiger partial charge in [-0.2, -0.15) is 0 Å². The van der Waals surface area contributed by atoms with Crippen molar-refractivity contribution in [3.63, 3.8) is 0 Å². The Kier molecular flexibility index (Phi) is 5.75. The second kappa shape index (κ2) is 6.58. The van der Waals surface area contributed by atoms with Crippen molar-refractivity contribution in [2.75, 3.05) is 0 Å². The molecule has 0 aromatic heterocycles. The summed E-state index contributed by atoms with van der Waals surface area (Å²) in [5, 5.41) is 52.3. The Balaban J connectivity index is 5.61. The monoisotopic (exact) mass is 294 g/mol. The number of Topliss-reactive ketones (excluding diaryl/α,β-unsaturated/α-hetero) is 1. The Hall–Kier alpha value is -2.53. The number of rotatable bonds is 8. The van der Waals surface area contributed by atoms with E-state index < -0.39 is 53.7 Å². The fourth-order valence-electron chi connectivity index (χ4n) is 1.30. The number of carboxylic acid groups (broad SMARTS) is 4. The lowest BCUT2D eigenvalue weighted by Gasteiger charge is -2.20. The number of hydrogen-bond acceptors (Lipinski definition) is 7. The van der Waals surface area contributed by atoms with Gasteiger partial charge >= 0.3 is 23.9 Å². The van der Waals surface area contributed by atoms with Crippen LogP contribution in [0.15, 0.2) is 0 Å². The van der Waals surface area contributed by atoms with Gasteiger partial charge in [0.15, 0.2) is 29.8 Å². The van der Waals surface area contributed by atoms with E-state index in [0.717, 1.165) is 0 Å². The lowest BCUT2D eigenvalue weighted by molar-refractivity contribution is -0.171. The zero-order chi connectivity index (χ0) is 16.2. The molecule has 11 nitrogen and oxygen atoms in total. The van der Waals surface area contributed by atoms with Crippen LogP contribution in [0.5, 0.6) is 0 Å². The summed E-state index contributed by atoms with van der Waals surface area (Å²) in [6, 6.07) is 0. The molecule has 0 aliphatic rings. The number of carboxylic acids is 4. The van der Waals surface area contributed by atoms with Gasteiger partial charge in [0, 0.05) is 0 Å². The van der Waals surface area contributed by atoms with E-state index in [4.69, 9.17) is 30.6 Å². The van der Waals surface area contributed by atoms with Gasteiger partial charge in [0.05, 0.1) is 0 Å². The van der Waals surface area contributed by atoms with Crippen molar-refractivity contribution in [2.24, 2.45) is 11.8 Å². The Morgan fingerprint density at radius 2 is 0.800 bits per heavy atom. The molecule has 0 rings (SSSR count). The topological polar surface area (TPSA) is 207 Å². The van der Waals surface area contributed by atoms with Gasteiger partial charge in [0.1, 0.15) is 0 Å². The van der Waals surface area contributed by atoms with E-state index in [-0.39, 0.29) is 0 Å². The molecule has 20 heavy (non-hydrogen) atoms. The van der Waals surface area contributed by atoms with Gasteiger partial charge < -0.3 is 30.6 Å². The fourth-order valence-corrected chi connectivity index (χ4v) is 1.30. The summed E-state index contributed by atoms with van der Waals surface area (Å²) in [6.07, 6.45) is -5.58. The molecule has 0 amide bonds. The summed E-state index contributed by atoms with van der Waals surface area (Å²) in [5.41, 5.74) is 0. The molecule has 0 spiro atoms. The Labute approximate surface area is 109 Å². The SMILES string of the molecule is O=C(O)C(O)C(C(=O)O)C(=O)C(C(=O)O)C(O)C(=O)O. The van der Waals surface area contributed by atoms with Crippen LogP contribution in [0.4, 0.5) is 0 Å². The minimum absolute atomic E-state index is 1.95. The second-order valence-electron chi connectivity index (χ2n) is 3.60. The van der Waals surface area contributed by atoms with Crippen LogP contribution in [0.2, 0.25) is 0 Å². The highest BCUT2D eigenvalue weighted by atomic mass is 16.4. The van der Waals surface area contributed by atoms with Crippen LogP contribution in [-0.2, 0) is 24.0 Å². The molecule has 0 heterocycles. The number of aliphatic hydroxyl groups excluding tert-OH is 2. The molecule has 0 saturated heterocycles. The first-order chi connectivity index (χ1) is 9.02. The Morgan fingerprint density at radius 3 is 0.950 bits per heavy atom. The molecule has 4 atom stereocenters. The number of hydrogen-bond donors (Lipinski definition) is 6. The highest BCUT2D eigenvalue weighted by molar-refractivity contribution is 6.11. The fraction of sp³-hybridized carbons (Fsp3) is 0.444. The first-order valence-electron chi connectivity index (χ1n) is 4.83. The summed E-state index contributed by atoms with van der Waals surface area (Å²) in [5.74, 6) is -16.0. The van der Waals surface area contributed by atoms with Crippen molar-refractivity contribution in [1.29, 1.82) is 0 Å². The summed E-state index contributed by atoms with van der Waals surface area (Å²) in [7, 11) is 0. The predicted octanol–water partition coefficient (Wildman–Crippen LogP) is -3.15. The van der Waals surface area contributed by atoms with Crippen LogP contribution in [0.1, 0.15) is 0 Å².